The highest BCUT2D eigenvalue weighted by atomic mass is 32.2. The average Bonchev–Trinajstić information content (AvgIpc) is 2.57. The largest absolute Gasteiger partial charge is 0.465 e. The number of carbonyl (C=O) groups is 3. The summed E-state index contributed by atoms with van der Waals surface area (Å²) in [7, 11) is 0. The first-order chi connectivity index (χ1) is 7.65. The van der Waals surface area contributed by atoms with Crippen LogP contribution in [0, 0.1) is 0 Å². The van der Waals surface area contributed by atoms with E-state index in [4.69, 9.17) is 4.74 Å². The minimum Gasteiger partial charge on any atom is -0.465 e. The number of amides is 2. The molecular formula is C10H13NO4S. The van der Waals surface area contributed by atoms with Crippen LogP contribution in [0.2, 0.25) is 0 Å². The van der Waals surface area contributed by atoms with E-state index in [1.165, 1.54) is 12.2 Å². The Kier molecular flexibility index (Phi) is 5.04. The summed E-state index contributed by atoms with van der Waals surface area (Å²) in [6.07, 6.45) is 4.36. The number of thioether (sulfide) groups is 1. The fourth-order valence-electron chi connectivity index (χ4n) is 1.17. The molecule has 0 aromatic carbocycles. The van der Waals surface area contributed by atoms with Gasteiger partial charge in [-0.25, -0.2) is 0 Å². The Bertz CT molecular complexity index is 309. The summed E-state index contributed by atoms with van der Waals surface area (Å²) in [5.41, 5.74) is 0. The van der Waals surface area contributed by atoms with Gasteiger partial charge in [-0.3, -0.25) is 19.3 Å². The maximum absolute atomic E-state index is 11.2. The standard InChI is InChI=1S/C10H13NO4S/c1-16-7-6-15-10(14)4-5-11-8(12)2-3-9(11)13/h2-3H,4-7H2,1H3. The van der Waals surface area contributed by atoms with Crippen LogP contribution >= 0.6 is 11.8 Å². The van der Waals surface area contributed by atoms with Crippen LogP contribution in [0.3, 0.4) is 0 Å². The molecular weight excluding hydrogens is 230 g/mol. The molecule has 5 nitrogen and oxygen atoms in total. The predicted molar refractivity (Wildman–Crippen MR) is 59.8 cm³/mol. The van der Waals surface area contributed by atoms with Crippen molar-refractivity contribution in [1.82, 2.24) is 4.90 Å². The summed E-state index contributed by atoms with van der Waals surface area (Å²) in [5, 5.41) is 0. The lowest BCUT2D eigenvalue weighted by molar-refractivity contribution is -0.144. The molecule has 0 atom stereocenters. The Labute approximate surface area is 97.8 Å². The molecule has 6 heteroatoms. The maximum atomic E-state index is 11.2. The summed E-state index contributed by atoms with van der Waals surface area (Å²) < 4.78 is 4.88. The smallest absolute Gasteiger partial charge is 0.307 e. The third-order valence-corrected chi connectivity index (χ3v) is 2.57. The van der Waals surface area contributed by atoms with Crippen molar-refractivity contribution in [3.63, 3.8) is 0 Å². The minimum atomic E-state index is -0.387. The van der Waals surface area contributed by atoms with Crippen LogP contribution in [0.15, 0.2) is 12.2 Å². The highest BCUT2D eigenvalue weighted by Crippen LogP contribution is 2.04. The van der Waals surface area contributed by atoms with Crippen LogP contribution in [0.4, 0.5) is 0 Å². The topological polar surface area (TPSA) is 63.7 Å². The van der Waals surface area contributed by atoms with Crippen molar-refractivity contribution in [3.05, 3.63) is 12.2 Å². The summed E-state index contributed by atoms with van der Waals surface area (Å²) in [4.78, 5) is 34.5. The molecule has 0 N–H and O–H groups in total. The fourth-order valence-corrected chi connectivity index (χ4v) is 1.42. The number of hydrogen-bond acceptors (Lipinski definition) is 5. The molecule has 16 heavy (non-hydrogen) atoms. The average molecular weight is 243 g/mol. The number of ether oxygens (including phenoxy) is 1. The number of rotatable bonds is 6. The highest BCUT2D eigenvalue weighted by Gasteiger charge is 2.23. The molecule has 1 heterocycles. The lowest BCUT2D eigenvalue weighted by Crippen LogP contribution is -2.32. The lowest BCUT2D eigenvalue weighted by Gasteiger charge is -2.12. The number of nitrogens with zero attached hydrogens (tertiary/aromatic N) is 1. The Morgan fingerprint density at radius 3 is 2.56 bits per heavy atom. The summed E-state index contributed by atoms with van der Waals surface area (Å²) in [6, 6.07) is 0. The summed E-state index contributed by atoms with van der Waals surface area (Å²) >= 11 is 1.58. The van der Waals surface area contributed by atoms with Gasteiger partial charge in [-0.1, -0.05) is 0 Å². The van der Waals surface area contributed by atoms with Crippen molar-refractivity contribution >= 4 is 29.5 Å². The van der Waals surface area contributed by atoms with Gasteiger partial charge in [-0.15, -0.1) is 0 Å². The van der Waals surface area contributed by atoms with Crippen LogP contribution < -0.4 is 0 Å². The zero-order valence-electron chi connectivity index (χ0n) is 8.97. The summed E-state index contributed by atoms with van der Waals surface area (Å²) in [6.45, 7) is 0.447. The fraction of sp³-hybridized carbons (Fsp3) is 0.500. The van der Waals surface area contributed by atoms with E-state index in [0.717, 1.165) is 10.7 Å². The monoisotopic (exact) mass is 243 g/mol. The van der Waals surface area contributed by atoms with E-state index in [2.05, 4.69) is 0 Å². The van der Waals surface area contributed by atoms with E-state index in [0.29, 0.717) is 6.61 Å². The zero-order valence-corrected chi connectivity index (χ0v) is 9.79. The SMILES string of the molecule is CSCCOC(=O)CCN1C(=O)C=CC1=O. The van der Waals surface area contributed by atoms with Gasteiger partial charge in [0.1, 0.15) is 6.61 Å². The van der Waals surface area contributed by atoms with E-state index >= 15 is 0 Å². The third kappa shape index (κ3) is 3.69. The molecule has 1 aliphatic rings. The second kappa shape index (κ2) is 6.32. The van der Waals surface area contributed by atoms with Crippen molar-refractivity contribution in [2.24, 2.45) is 0 Å². The number of hydrogen-bond donors (Lipinski definition) is 0. The molecule has 0 saturated carbocycles. The molecule has 0 spiro atoms. The van der Waals surface area contributed by atoms with Gasteiger partial charge in [0.15, 0.2) is 0 Å². The van der Waals surface area contributed by atoms with E-state index in [1.807, 2.05) is 6.26 Å². The molecule has 0 aliphatic carbocycles. The minimum absolute atomic E-state index is 0.0491. The van der Waals surface area contributed by atoms with Crippen molar-refractivity contribution in [3.8, 4) is 0 Å². The quantitative estimate of drug-likeness (QED) is 0.379. The molecule has 88 valence electrons. The van der Waals surface area contributed by atoms with Crippen LogP contribution in [0.25, 0.3) is 0 Å². The number of imide groups is 1. The molecule has 0 aromatic rings. The molecule has 0 radical (unpaired) electrons. The van der Waals surface area contributed by atoms with Gasteiger partial charge in [0.05, 0.1) is 6.42 Å². The van der Waals surface area contributed by atoms with Gasteiger partial charge in [-0.05, 0) is 6.26 Å². The van der Waals surface area contributed by atoms with Gasteiger partial charge < -0.3 is 4.74 Å². The normalized spacial score (nSPS) is 14.7. The molecule has 2 amide bonds. The lowest BCUT2D eigenvalue weighted by atomic mass is 10.4. The second-order valence-corrected chi connectivity index (χ2v) is 4.11. The maximum Gasteiger partial charge on any atom is 0.307 e. The van der Waals surface area contributed by atoms with Gasteiger partial charge in [0.25, 0.3) is 11.8 Å². The Morgan fingerprint density at radius 2 is 2.00 bits per heavy atom. The first kappa shape index (κ1) is 12.8. The Balaban J connectivity index is 2.22. The second-order valence-electron chi connectivity index (χ2n) is 3.12. The third-order valence-electron chi connectivity index (χ3n) is 1.99. The van der Waals surface area contributed by atoms with Crippen LogP contribution in [-0.4, -0.2) is 47.8 Å². The number of esters is 1. The predicted octanol–water partition coefficient (Wildman–Crippen LogP) is 0.208. The molecule has 0 bridgehead atoms. The first-order valence-corrected chi connectivity index (χ1v) is 6.22. The Hall–Kier alpha value is -1.30. The van der Waals surface area contributed by atoms with Crippen molar-refractivity contribution in [2.45, 2.75) is 6.42 Å². The first-order valence-electron chi connectivity index (χ1n) is 4.83. The molecule has 0 unspecified atom stereocenters. The van der Waals surface area contributed by atoms with E-state index in [1.54, 1.807) is 11.8 Å². The van der Waals surface area contributed by atoms with Gasteiger partial charge in [0, 0.05) is 24.4 Å². The molecule has 0 saturated heterocycles. The van der Waals surface area contributed by atoms with Crippen LogP contribution in [0.1, 0.15) is 6.42 Å². The Morgan fingerprint density at radius 1 is 1.38 bits per heavy atom. The number of carbonyl (C=O) groups excluding carboxylic acids is 3. The van der Waals surface area contributed by atoms with Crippen LogP contribution in [-0.2, 0) is 19.1 Å². The van der Waals surface area contributed by atoms with Crippen molar-refractivity contribution in [2.75, 3.05) is 25.2 Å². The summed E-state index contributed by atoms with van der Waals surface area (Å²) in [5.74, 6) is -0.389. The van der Waals surface area contributed by atoms with Gasteiger partial charge in [-0.2, -0.15) is 11.8 Å². The molecule has 0 aromatic heterocycles. The molecule has 0 fully saturated rings. The highest BCUT2D eigenvalue weighted by molar-refractivity contribution is 7.98. The van der Waals surface area contributed by atoms with Crippen molar-refractivity contribution < 1.29 is 19.1 Å². The van der Waals surface area contributed by atoms with E-state index in [9.17, 15) is 14.4 Å². The van der Waals surface area contributed by atoms with Gasteiger partial charge in [0.2, 0.25) is 0 Å². The molecule has 1 aliphatic heterocycles. The molecule has 1 rings (SSSR count). The van der Waals surface area contributed by atoms with E-state index < -0.39 is 0 Å². The van der Waals surface area contributed by atoms with Gasteiger partial charge >= 0.3 is 5.97 Å². The zero-order chi connectivity index (χ0) is 12.0. The van der Waals surface area contributed by atoms with Crippen molar-refractivity contribution in [1.29, 1.82) is 0 Å². The van der Waals surface area contributed by atoms with E-state index in [-0.39, 0.29) is 30.7 Å². The van der Waals surface area contributed by atoms with Crippen LogP contribution in [0.5, 0.6) is 0 Å².